The van der Waals surface area contributed by atoms with Crippen LogP contribution in [0.3, 0.4) is 0 Å². The summed E-state index contributed by atoms with van der Waals surface area (Å²) in [5.41, 5.74) is 2.53. The number of unbranched alkanes of at least 4 members (excludes halogenated alkanes) is 9. The Kier molecular flexibility index (Phi) is 15.5. The van der Waals surface area contributed by atoms with Crippen molar-refractivity contribution in [3.63, 3.8) is 0 Å². The lowest BCUT2D eigenvalue weighted by Gasteiger charge is -2.15. The molecule has 4 nitrogen and oxygen atoms in total. The van der Waals surface area contributed by atoms with Crippen molar-refractivity contribution in [2.45, 2.75) is 91.0 Å². The van der Waals surface area contributed by atoms with Crippen LogP contribution in [0.25, 0.3) is 0 Å². The number of anilines is 1. The number of benzene rings is 2. The number of amides is 1. The van der Waals surface area contributed by atoms with Crippen LogP contribution in [0.4, 0.5) is 10.1 Å². The molecule has 1 N–H and O–H groups in total. The van der Waals surface area contributed by atoms with E-state index in [4.69, 9.17) is 4.74 Å². The highest BCUT2D eigenvalue weighted by molar-refractivity contribution is 8.93. The van der Waals surface area contributed by atoms with Gasteiger partial charge < -0.3 is 15.0 Å². The van der Waals surface area contributed by atoms with E-state index in [1.165, 1.54) is 62.3 Å². The van der Waals surface area contributed by atoms with Gasteiger partial charge in [-0.1, -0.05) is 82.9 Å². The van der Waals surface area contributed by atoms with Crippen molar-refractivity contribution in [2.24, 2.45) is 0 Å². The van der Waals surface area contributed by atoms with Crippen molar-refractivity contribution in [2.75, 3.05) is 17.8 Å². The van der Waals surface area contributed by atoms with Crippen LogP contribution in [0.5, 0.6) is 5.75 Å². The maximum absolute atomic E-state index is 14.5. The first-order chi connectivity index (χ1) is 18.0. The van der Waals surface area contributed by atoms with Gasteiger partial charge in [-0.2, -0.15) is 0 Å². The van der Waals surface area contributed by atoms with Gasteiger partial charge in [0.05, 0.1) is 18.9 Å². The van der Waals surface area contributed by atoms with Gasteiger partial charge in [0.25, 0.3) is 0 Å². The van der Waals surface area contributed by atoms with Crippen LogP contribution in [0.2, 0.25) is 0 Å². The maximum Gasteiger partial charge on any atom is 0.228 e. The van der Waals surface area contributed by atoms with Gasteiger partial charge in [-0.05, 0) is 53.6 Å². The smallest absolute Gasteiger partial charge is 0.228 e. The fourth-order valence-corrected chi connectivity index (χ4v) is 5.28. The summed E-state index contributed by atoms with van der Waals surface area (Å²) in [6.45, 7) is 5.69. The van der Waals surface area contributed by atoms with Gasteiger partial charge in [0.2, 0.25) is 5.91 Å². The standard InChI is InChI=1S/C31H43FN2O2S.BrH/c1-3-4-5-6-7-8-9-10-11-12-18-36-30-17-16-26(20-29(30)32)21-31(35)33-28-15-13-14-27(19-28)23-34-22-25(2)37-24-34;/h13-17,19-20,22H,3-12,18,21,23-24H2,1-2H3,(H,33,35);1H. The minimum absolute atomic E-state index is 0. The van der Waals surface area contributed by atoms with Gasteiger partial charge in [0.15, 0.2) is 11.6 Å². The monoisotopic (exact) mass is 606 g/mol. The summed E-state index contributed by atoms with van der Waals surface area (Å²) in [4.78, 5) is 16.1. The predicted octanol–water partition coefficient (Wildman–Crippen LogP) is 9.25. The Hall–Kier alpha value is -1.99. The molecular formula is C31H44BrFN2O2S. The van der Waals surface area contributed by atoms with Crippen LogP contribution in [0, 0.1) is 5.82 Å². The normalized spacial score (nSPS) is 12.7. The molecule has 7 heteroatoms. The Morgan fingerprint density at radius 3 is 2.34 bits per heavy atom. The van der Waals surface area contributed by atoms with E-state index in [1.807, 2.05) is 30.0 Å². The minimum atomic E-state index is -0.411. The Bertz CT molecular complexity index is 1020. The molecule has 0 aliphatic carbocycles. The molecule has 210 valence electrons. The number of carbonyl (C=O) groups excluding carboxylic acids is 1. The number of ether oxygens (including phenoxy) is 1. The highest BCUT2D eigenvalue weighted by Crippen LogP contribution is 2.26. The Morgan fingerprint density at radius 1 is 0.974 bits per heavy atom. The van der Waals surface area contributed by atoms with Crippen molar-refractivity contribution < 1.29 is 13.9 Å². The van der Waals surface area contributed by atoms with Crippen LogP contribution in [0.15, 0.2) is 53.6 Å². The second kappa shape index (κ2) is 18.3. The van der Waals surface area contributed by atoms with E-state index in [2.05, 4.69) is 36.3 Å². The van der Waals surface area contributed by atoms with Gasteiger partial charge in [-0.25, -0.2) is 4.39 Å². The summed E-state index contributed by atoms with van der Waals surface area (Å²) in [6.07, 6.45) is 14.8. The van der Waals surface area contributed by atoms with Crippen molar-refractivity contribution >= 4 is 40.3 Å². The topological polar surface area (TPSA) is 41.6 Å². The zero-order valence-corrected chi connectivity index (χ0v) is 25.5. The predicted molar refractivity (Wildman–Crippen MR) is 165 cm³/mol. The number of nitrogens with zero attached hydrogens (tertiary/aromatic N) is 1. The third-order valence-electron chi connectivity index (χ3n) is 6.54. The van der Waals surface area contributed by atoms with Gasteiger partial charge >= 0.3 is 0 Å². The van der Waals surface area contributed by atoms with Crippen molar-refractivity contribution in [3.8, 4) is 5.75 Å². The maximum atomic E-state index is 14.5. The SMILES string of the molecule is Br.CCCCCCCCCCCCOc1ccc(CC(=O)Nc2cccc(CN3C=C(C)SC3)c2)cc1F. The average Bonchev–Trinajstić information content (AvgIpc) is 3.28. The second-order valence-electron chi connectivity index (χ2n) is 9.98. The number of nitrogens with one attached hydrogen (secondary N) is 1. The third-order valence-corrected chi connectivity index (χ3v) is 7.56. The number of hydrogen-bond acceptors (Lipinski definition) is 4. The summed E-state index contributed by atoms with van der Waals surface area (Å²) >= 11 is 1.83. The highest BCUT2D eigenvalue weighted by atomic mass is 79.9. The van der Waals surface area contributed by atoms with E-state index >= 15 is 0 Å². The molecule has 0 saturated carbocycles. The number of hydrogen-bond donors (Lipinski definition) is 1. The highest BCUT2D eigenvalue weighted by Gasteiger charge is 2.12. The molecule has 1 heterocycles. The van der Waals surface area contributed by atoms with E-state index in [9.17, 15) is 9.18 Å². The first-order valence-electron chi connectivity index (χ1n) is 13.9. The molecule has 0 aromatic heterocycles. The summed E-state index contributed by atoms with van der Waals surface area (Å²) in [6, 6.07) is 12.7. The fraction of sp³-hybridized carbons (Fsp3) is 0.516. The molecular weight excluding hydrogens is 563 g/mol. The Balaban J connectivity index is 0.00000507. The molecule has 1 amide bonds. The van der Waals surface area contributed by atoms with Crippen molar-refractivity contribution in [3.05, 3.63) is 70.5 Å². The molecule has 0 radical (unpaired) electrons. The van der Waals surface area contributed by atoms with Gasteiger partial charge in [-0.3, -0.25) is 4.79 Å². The number of carbonyl (C=O) groups is 1. The number of rotatable bonds is 17. The zero-order chi connectivity index (χ0) is 26.3. The molecule has 38 heavy (non-hydrogen) atoms. The summed E-state index contributed by atoms with van der Waals surface area (Å²) < 4.78 is 20.2. The molecule has 0 fully saturated rings. The van der Waals surface area contributed by atoms with Crippen molar-refractivity contribution in [1.82, 2.24) is 4.90 Å². The fourth-order valence-electron chi connectivity index (χ4n) is 4.52. The Morgan fingerprint density at radius 2 is 1.68 bits per heavy atom. The van der Waals surface area contributed by atoms with Gasteiger partial charge in [0.1, 0.15) is 0 Å². The largest absolute Gasteiger partial charge is 0.491 e. The molecule has 0 saturated heterocycles. The molecule has 2 aromatic rings. The number of allylic oxidation sites excluding steroid dienone is 1. The van der Waals surface area contributed by atoms with E-state index in [-0.39, 0.29) is 35.1 Å². The molecule has 2 aromatic carbocycles. The van der Waals surface area contributed by atoms with Crippen LogP contribution in [-0.2, 0) is 17.8 Å². The second-order valence-corrected chi connectivity index (χ2v) is 11.2. The molecule has 0 unspecified atom stereocenters. The molecule has 0 bridgehead atoms. The first kappa shape index (κ1) is 32.2. The molecule has 1 aliphatic heterocycles. The van der Waals surface area contributed by atoms with Gasteiger partial charge in [0, 0.05) is 18.4 Å². The lowest BCUT2D eigenvalue weighted by molar-refractivity contribution is -0.115. The quantitative estimate of drug-likeness (QED) is 0.182. The zero-order valence-electron chi connectivity index (χ0n) is 23.0. The van der Waals surface area contributed by atoms with Crippen LogP contribution in [0.1, 0.15) is 89.2 Å². The summed E-state index contributed by atoms with van der Waals surface area (Å²) in [7, 11) is 0. The van der Waals surface area contributed by atoms with Crippen LogP contribution >= 0.6 is 28.7 Å². The van der Waals surface area contributed by atoms with E-state index in [0.717, 1.165) is 36.5 Å². The summed E-state index contributed by atoms with van der Waals surface area (Å²) in [5.74, 6) is 0.638. The average molecular weight is 608 g/mol. The van der Waals surface area contributed by atoms with E-state index in [1.54, 1.807) is 12.1 Å². The Labute approximate surface area is 243 Å². The third kappa shape index (κ3) is 12.2. The van der Waals surface area contributed by atoms with Crippen LogP contribution in [-0.4, -0.2) is 23.3 Å². The number of halogens is 2. The molecule has 0 spiro atoms. The minimum Gasteiger partial charge on any atom is -0.491 e. The number of thioether (sulfide) groups is 1. The van der Waals surface area contributed by atoms with E-state index in [0.29, 0.717) is 12.2 Å². The molecule has 3 rings (SSSR count). The van der Waals surface area contributed by atoms with E-state index < -0.39 is 5.82 Å². The lowest BCUT2D eigenvalue weighted by atomic mass is 10.1. The van der Waals surface area contributed by atoms with Gasteiger partial charge in [-0.15, -0.1) is 28.7 Å². The molecule has 1 aliphatic rings. The molecule has 0 atom stereocenters. The lowest BCUT2D eigenvalue weighted by Crippen LogP contribution is -2.16. The summed E-state index contributed by atoms with van der Waals surface area (Å²) in [5, 5.41) is 2.94. The first-order valence-corrected chi connectivity index (χ1v) is 14.9. The van der Waals surface area contributed by atoms with Crippen molar-refractivity contribution in [1.29, 1.82) is 0 Å². The van der Waals surface area contributed by atoms with Crippen LogP contribution < -0.4 is 10.1 Å².